The van der Waals surface area contributed by atoms with Gasteiger partial charge in [0.25, 0.3) is 0 Å². The zero-order valence-electron chi connectivity index (χ0n) is 8.66. The van der Waals surface area contributed by atoms with Crippen LogP contribution in [0.2, 0.25) is 5.02 Å². The molecule has 90 valence electrons. The molecule has 2 aromatic rings. The molecule has 0 fully saturated rings. The standard InChI is InChI=1S/C12H9BrClFOS/c13-8-5-12(17-6-8)11(16)4-7-3-9(15)1-2-10(7)14/h1-3,5-6,11,16H,4H2. The first-order valence-corrected chi connectivity index (χ1v) is 6.97. The van der Waals surface area contributed by atoms with Crippen LogP contribution in [0.5, 0.6) is 0 Å². The highest BCUT2D eigenvalue weighted by Crippen LogP contribution is 2.29. The van der Waals surface area contributed by atoms with E-state index in [9.17, 15) is 9.50 Å². The quantitative estimate of drug-likeness (QED) is 0.870. The molecule has 1 atom stereocenters. The molecule has 0 saturated heterocycles. The third-order valence-electron chi connectivity index (χ3n) is 2.34. The Hall–Kier alpha value is -0.420. The first-order valence-electron chi connectivity index (χ1n) is 4.92. The Morgan fingerprint density at radius 2 is 2.18 bits per heavy atom. The van der Waals surface area contributed by atoms with Crippen molar-refractivity contribution >= 4 is 38.9 Å². The van der Waals surface area contributed by atoms with Gasteiger partial charge in [-0.1, -0.05) is 11.6 Å². The lowest BCUT2D eigenvalue weighted by Crippen LogP contribution is -2.00. The molecule has 1 aromatic carbocycles. The minimum atomic E-state index is -0.661. The van der Waals surface area contributed by atoms with Crippen molar-refractivity contribution in [2.24, 2.45) is 0 Å². The van der Waals surface area contributed by atoms with Crippen LogP contribution >= 0.6 is 38.9 Å². The van der Waals surface area contributed by atoms with Crippen molar-refractivity contribution in [1.82, 2.24) is 0 Å². The van der Waals surface area contributed by atoms with Gasteiger partial charge in [0.15, 0.2) is 0 Å². The van der Waals surface area contributed by atoms with Gasteiger partial charge in [0.2, 0.25) is 0 Å². The molecule has 1 nitrogen and oxygen atoms in total. The van der Waals surface area contributed by atoms with Gasteiger partial charge in [-0.3, -0.25) is 0 Å². The first-order chi connectivity index (χ1) is 8.06. The summed E-state index contributed by atoms with van der Waals surface area (Å²) in [5.41, 5.74) is 0.615. The van der Waals surface area contributed by atoms with E-state index in [-0.39, 0.29) is 5.82 Å². The van der Waals surface area contributed by atoms with Gasteiger partial charge in [-0.25, -0.2) is 4.39 Å². The summed E-state index contributed by atoms with van der Waals surface area (Å²) in [4.78, 5) is 0.831. The molecule has 1 unspecified atom stereocenters. The van der Waals surface area contributed by atoms with Gasteiger partial charge in [0.05, 0.1) is 6.10 Å². The Morgan fingerprint density at radius 1 is 1.41 bits per heavy atom. The molecule has 0 saturated carbocycles. The largest absolute Gasteiger partial charge is 0.387 e. The van der Waals surface area contributed by atoms with E-state index in [1.54, 1.807) is 0 Å². The number of rotatable bonds is 3. The lowest BCUT2D eigenvalue weighted by atomic mass is 10.1. The summed E-state index contributed by atoms with van der Waals surface area (Å²) in [5.74, 6) is -0.344. The van der Waals surface area contributed by atoms with Crippen molar-refractivity contribution < 1.29 is 9.50 Å². The molecule has 0 spiro atoms. The fraction of sp³-hybridized carbons (Fsp3) is 0.167. The Balaban J connectivity index is 2.18. The summed E-state index contributed by atoms with van der Waals surface area (Å²) in [6, 6.07) is 6.01. The fourth-order valence-corrected chi connectivity index (χ4v) is 3.14. The van der Waals surface area contributed by atoms with E-state index in [2.05, 4.69) is 15.9 Å². The van der Waals surface area contributed by atoms with Crippen molar-refractivity contribution in [2.75, 3.05) is 0 Å². The maximum absolute atomic E-state index is 13.1. The van der Waals surface area contributed by atoms with Crippen LogP contribution in [0.1, 0.15) is 16.5 Å². The van der Waals surface area contributed by atoms with Crippen LogP contribution in [0, 0.1) is 5.82 Å². The number of halogens is 3. The normalized spacial score (nSPS) is 12.7. The number of benzene rings is 1. The molecule has 0 aliphatic rings. The van der Waals surface area contributed by atoms with Gasteiger partial charge >= 0.3 is 0 Å². The Labute approximate surface area is 116 Å². The van der Waals surface area contributed by atoms with Crippen molar-refractivity contribution in [3.63, 3.8) is 0 Å². The third-order valence-corrected chi connectivity index (χ3v) is 4.50. The summed E-state index contributed by atoms with van der Waals surface area (Å²) < 4.78 is 14.0. The minimum absolute atomic E-state index is 0.309. The minimum Gasteiger partial charge on any atom is -0.387 e. The van der Waals surface area contributed by atoms with Gasteiger partial charge in [0, 0.05) is 26.2 Å². The second-order valence-corrected chi connectivity index (χ2v) is 5.89. The fourth-order valence-electron chi connectivity index (χ4n) is 1.51. The van der Waals surface area contributed by atoms with Gasteiger partial charge in [-0.05, 0) is 45.8 Å². The topological polar surface area (TPSA) is 20.2 Å². The zero-order valence-corrected chi connectivity index (χ0v) is 11.8. The van der Waals surface area contributed by atoms with Gasteiger partial charge in [0.1, 0.15) is 5.82 Å². The van der Waals surface area contributed by atoms with Crippen molar-refractivity contribution in [3.8, 4) is 0 Å². The number of aliphatic hydroxyl groups excluding tert-OH is 1. The van der Waals surface area contributed by atoms with E-state index in [0.29, 0.717) is 17.0 Å². The molecule has 1 aromatic heterocycles. The molecule has 0 amide bonds. The molecular weight excluding hydrogens is 327 g/mol. The van der Waals surface area contributed by atoms with Crippen molar-refractivity contribution in [3.05, 3.63) is 55.4 Å². The highest BCUT2D eigenvalue weighted by atomic mass is 79.9. The van der Waals surface area contributed by atoms with E-state index in [0.717, 1.165) is 9.35 Å². The SMILES string of the molecule is OC(Cc1cc(F)ccc1Cl)c1cc(Br)cs1. The molecular formula is C12H9BrClFOS. The number of hydrogen-bond acceptors (Lipinski definition) is 2. The summed E-state index contributed by atoms with van der Waals surface area (Å²) >= 11 is 10.7. The van der Waals surface area contributed by atoms with E-state index in [4.69, 9.17) is 11.6 Å². The molecule has 0 aliphatic carbocycles. The van der Waals surface area contributed by atoms with E-state index in [1.807, 2.05) is 11.4 Å². The highest BCUT2D eigenvalue weighted by molar-refractivity contribution is 9.10. The van der Waals surface area contributed by atoms with Crippen LogP contribution in [0.3, 0.4) is 0 Å². The van der Waals surface area contributed by atoms with Crippen LogP contribution in [0.15, 0.2) is 34.1 Å². The van der Waals surface area contributed by atoms with E-state index < -0.39 is 6.10 Å². The predicted molar refractivity (Wildman–Crippen MR) is 72.1 cm³/mol. The smallest absolute Gasteiger partial charge is 0.123 e. The lowest BCUT2D eigenvalue weighted by Gasteiger charge is -2.10. The second-order valence-electron chi connectivity index (χ2n) is 3.62. The summed E-state index contributed by atoms with van der Waals surface area (Å²) in [6.07, 6.45) is -0.352. The molecule has 1 heterocycles. The molecule has 1 N–H and O–H groups in total. The molecule has 5 heteroatoms. The average molecular weight is 336 g/mol. The Morgan fingerprint density at radius 3 is 2.82 bits per heavy atom. The lowest BCUT2D eigenvalue weighted by molar-refractivity contribution is 0.182. The maximum Gasteiger partial charge on any atom is 0.123 e. The van der Waals surface area contributed by atoms with Crippen molar-refractivity contribution in [2.45, 2.75) is 12.5 Å². The molecule has 2 rings (SSSR count). The van der Waals surface area contributed by atoms with E-state index >= 15 is 0 Å². The summed E-state index contributed by atoms with van der Waals surface area (Å²) in [6.45, 7) is 0. The number of thiophene rings is 1. The van der Waals surface area contributed by atoms with Gasteiger partial charge in [-0.15, -0.1) is 11.3 Å². The highest BCUT2D eigenvalue weighted by Gasteiger charge is 2.13. The zero-order chi connectivity index (χ0) is 12.4. The molecule has 0 radical (unpaired) electrons. The van der Waals surface area contributed by atoms with Crippen molar-refractivity contribution in [1.29, 1.82) is 0 Å². The van der Waals surface area contributed by atoms with Crippen LogP contribution in [-0.4, -0.2) is 5.11 Å². The Bertz CT molecular complexity index is 529. The summed E-state index contributed by atoms with van der Waals surface area (Å²) in [7, 11) is 0. The maximum atomic E-state index is 13.1. The van der Waals surface area contributed by atoms with Gasteiger partial charge < -0.3 is 5.11 Å². The average Bonchev–Trinajstić information content (AvgIpc) is 2.70. The van der Waals surface area contributed by atoms with Crippen LogP contribution in [-0.2, 0) is 6.42 Å². The van der Waals surface area contributed by atoms with E-state index in [1.165, 1.54) is 29.5 Å². The van der Waals surface area contributed by atoms with Crippen LogP contribution < -0.4 is 0 Å². The van der Waals surface area contributed by atoms with Crippen LogP contribution in [0.25, 0.3) is 0 Å². The first kappa shape index (κ1) is 13.0. The Kier molecular flexibility index (Phi) is 4.20. The van der Waals surface area contributed by atoms with Crippen LogP contribution in [0.4, 0.5) is 4.39 Å². The van der Waals surface area contributed by atoms with Gasteiger partial charge in [-0.2, -0.15) is 0 Å². The monoisotopic (exact) mass is 334 g/mol. The third kappa shape index (κ3) is 3.28. The summed E-state index contributed by atoms with van der Waals surface area (Å²) in [5, 5.41) is 12.4. The molecule has 0 bridgehead atoms. The molecule has 17 heavy (non-hydrogen) atoms. The predicted octanol–water partition coefficient (Wildman–Crippen LogP) is 4.58. The number of hydrogen-bond donors (Lipinski definition) is 1. The second kappa shape index (κ2) is 5.48. The number of aliphatic hydroxyl groups is 1. The molecule has 0 aliphatic heterocycles.